The van der Waals surface area contributed by atoms with Gasteiger partial charge in [-0.2, -0.15) is 5.26 Å². The number of rotatable bonds is 5. The molecular formula is C28H28N6O3. The topological polar surface area (TPSA) is 119 Å². The molecule has 3 aromatic rings. The van der Waals surface area contributed by atoms with Crippen molar-refractivity contribution >= 4 is 34.4 Å². The van der Waals surface area contributed by atoms with Crippen molar-refractivity contribution in [1.82, 2.24) is 19.8 Å². The van der Waals surface area contributed by atoms with Crippen molar-refractivity contribution < 1.29 is 14.4 Å². The molecule has 188 valence electrons. The standard InChI is InChI=1S/C28H28N6O3/c1-17(2)12-24(33(3)25(35)23-15-30-21-10-6-7-11-22(21)31-23)26(36)34-16-28(13-18(34)14-29)19-8-4-5-9-20(19)32-27(28)37/h4-11,15,17-18,24H,12-13,16H2,1-3H3,(H,32,37)/t18-,24-,28-/m0/s1. The number of aromatic nitrogens is 2. The quantitative estimate of drug-likeness (QED) is 0.580. The number of likely N-dealkylation sites (N-methyl/N-ethyl adjacent to an activating group) is 1. The van der Waals surface area contributed by atoms with Crippen LogP contribution in [-0.4, -0.2) is 63.2 Å². The smallest absolute Gasteiger partial charge is 0.274 e. The molecule has 9 heteroatoms. The highest BCUT2D eigenvalue weighted by Crippen LogP contribution is 2.46. The van der Waals surface area contributed by atoms with Crippen LogP contribution < -0.4 is 5.32 Å². The number of carbonyl (C=O) groups excluding carboxylic acids is 3. The number of likely N-dealkylation sites (tertiary alicyclic amines) is 1. The van der Waals surface area contributed by atoms with Gasteiger partial charge in [0.25, 0.3) is 5.91 Å². The monoisotopic (exact) mass is 496 g/mol. The Morgan fingerprint density at radius 3 is 2.62 bits per heavy atom. The maximum Gasteiger partial charge on any atom is 0.274 e. The number of anilines is 1. The van der Waals surface area contributed by atoms with Crippen molar-refractivity contribution in [2.24, 2.45) is 5.92 Å². The molecule has 2 aromatic carbocycles. The summed E-state index contributed by atoms with van der Waals surface area (Å²) in [5, 5.41) is 12.9. The highest BCUT2D eigenvalue weighted by molar-refractivity contribution is 6.07. The van der Waals surface area contributed by atoms with Crippen LogP contribution in [0.5, 0.6) is 0 Å². The van der Waals surface area contributed by atoms with Crippen LogP contribution in [0.1, 0.15) is 42.7 Å². The van der Waals surface area contributed by atoms with Gasteiger partial charge in [0, 0.05) is 25.7 Å². The molecule has 37 heavy (non-hydrogen) atoms. The molecule has 0 bridgehead atoms. The van der Waals surface area contributed by atoms with Crippen molar-refractivity contribution in [1.29, 1.82) is 5.26 Å². The zero-order chi connectivity index (χ0) is 26.3. The average molecular weight is 497 g/mol. The van der Waals surface area contributed by atoms with Gasteiger partial charge in [-0.05, 0) is 36.1 Å². The first kappa shape index (κ1) is 24.4. The van der Waals surface area contributed by atoms with Gasteiger partial charge in [0.1, 0.15) is 17.8 Å². The van der Waals surface area contributed by atoms with Gasteiger partial charge >= 0.3 is 0 Å². The van der Waals surface area contributed by atoms with Crippen LogP contribution in [0, 0.1) is 17.2 Å². The number of nitrogens with zero attached hydrogens (tertiary/aromatic N) is 5. The highest BCUT2D eigenvalue weighted by Gasteiger charge is 2.56. The number of fused-ring (bicyclic) bond motifs is 3. The van der Waals surface area contributed by atoms with E-state index >= 15 is 0 Å². The van der Waals surface area contributed by atoms with E-state index in [9.17, 15) is 19.6 Å². The summed E-state index contributed by atoms with van der Waals surface area (Å²) < 4.78 is 0. The summed E-state index contributed by atoms with van der Waals surface area (Å²) in [4.78, 5) is 52.3. The van der Waals surface area contributed by atoms with Crippen LogP contribution in [0.2, 0.25) is 0 Å². The van der Waals surface area contributed by atoms with Gasteiger partial charge < -0.3 is 15.1 Å². The van der Waals surface area contributed by atoms with E-state index in [1.54, 1.807) is 13.1 Å². The van der Waals surface area contributed by atoms with Gasteiger partial charge in [-0.25, -0.2) is 4.98 Å². The fourth-order valence-corrected chi connectivity index (χ4v) is 5.43. The number of hydrogen-bond acceptors (Lipinski definition) is 6. The van der Waals surface area contributed by atoms with E-state index in [-0.39, 0.29) is 36.4 Å². The second-order valence-electron chi connectivity index (χ2n) is 10.2. The third kappa shape index (κ3) is 4.08. The summed E-state index contributed by atoms with van der Waals surface area (Å²) in [6.45, 7) is 4.03. The van der Waals surface area contributed by atoms with Crippen LogP contribution in [0.4, 0.5) is 5.69 Å². The lowest BCUT2D eigenvalue weighted by molar-refractivity contribution is -0.136. The highest BCUT2D eigenvalue weighted by atomic mass is 16.2. The van der Waals surface area contributed by atoms with E-state index in [0.717, 1.165) is 5.56 Å². The van der Waals surface area contributed by atoms with E-state index in [1.165, 1.54) is 16.0 Å². The minimum Gasteiger partial charge on any atom is -0.328 e. The molecule has 1 saturated heterocycles. The van der Waals surface area contributed by atoms with Gasteiger partial charge in [-0.3, -0.25) is 19.4 Å². The molecule has 2 aliphatic rings. The van der Waals surface area contributed by atoms with Crippen LogP contribution in [0.3, 0.4) is 0 Å². The molecule has 0 aliphatic carbocycles. The van der Waals surface area contributed by atoms with Crippen molar-refractivity contribution in [3.8, 4) is 6.07 Å². The largest absolute Gasteiger partial charge is 0.328 e. The molecule has 1 fully saturated rings. The Bertz CT molecular complexity index is 1450. The summed E-state index contributed by atoms with van der Waals surface area (Å²) in [7, 11) is 1.58. The van der Waals surface area contributed by atoms with Crippen molar-refractivity contribution in [2.75, 3.05) is 18.9 Å². The Morgan fingerprint density at radius 1 is 1.19 bits per heavy atom. The van der Waals surface area contributed by atoms with Crippen LogP contribution in [0.15, 0.2) is 54.7 Å². The van der Waals surface area contributed by atoms with Gasteiger partial charge in [-0.15, -0.1) is 0 Å². The Labute approximate surface area is 215 Å². The number of carbonyl (C=O) groups is 3. The van der Waals surface area contributed by atoms with Crippen LogP contribution in [0.25, 0.3) is 11.0 Å². The Balaban J connectivity index is 1.46. The summed E-state index contributed by atoms with van der Waals surface area (Å²) in [5.74, 6) is -0.887. The molecule has 5 rings (SSSR count). The maximum atomic E-state index is 14.0. The van der Waals surface area contributed by atoms with Crippen molar-refractivity contribution in [3.63, 3.8) is 0 Å². The lowest BCUT2D eigenvalue weighted by Gasteiger charge is -2.33. The number of amides is 3. The molecule has 2 aliphatic heterocycles. The fraction of sp³-hybridized carbons (Fsp3) is 0.357. The molecule has 1 spiro atoms. The molecular weight excluding hydrogens is 468 g/mol. The fourth-order valence-electron chi connectivity index (χ4n) is 5.43. The number of nitrogens with one attached hydrogen (secondary N) is 1. The first-order valence-electron chi connectivity index (χ1n) is 12.3. The lowest BCUT2D eigenvalue weighted by Crippen LogP contribution is -2.52. The average Bonchev–Trinajstić information content (AvgIpc) is 3.43. The second kappa shape index (κ2) is 9.28. The molecule has 0 unspecified atom stereocenters. The van der Waals surface area contributed by atoms with Gasteiger partial charge in [-0.1, -0.05) is 44.2 Å². The Hall–Kier alpha value is -4.32. The summed E-state index contributed by atoms with van der Waals surface area (Å²) in [5.41, 5.74) is 1.92. The maximum absolute atomic E-state index is 14.0. The summed E-state index contributed by atoms with van der Waals surface area (Å²) in [6, 6.07) is 15.3. The third-order valence-electron chi connectivity index (χ3n) is 7.35. The number of benzene rings is 2. The van der Waals surface area contributed by atoms with E-state index < -0.39 is 23.4 Å². The minimum atomic E-state index is -0.985. The molecule has 1 N–H and O–H groups in total. The zero-order valence-electron chi connectivity index (χ0n) is 21.0. The zero-order valence-corrected chi connectivity index (χ0v) is 21.0. The SMILES string of the molecule is CC(C)C[C@@H](C(=O)N1C[C@]2(C[C@H]1C#N)C(=O)Nc1ccccc12)N(C)C(=O)c1cnc2ccccc2n1. The van der Waals surface area contributed by atoms with Gasteiger partial charge in [0.15, 0.2) is 0 Å². The molecule has 3 atom stereocenters. The summed E-state index contributed by atoms with van der Waals surface area (Å²) in [6.07, 6.45) is 2.02. The Kier molecular flexibility index (Phi) is 6.12. The molecule has 1 aromatic heterocycles. The second-order valence-corrected chi connectivity index (χ2v) is 10.2. The minimum absolute atomic E-state index is 0.0827. The first-order valence-corrected chi connectivity index (χ1v) is 12.3. The number of para-hydroxylation sites is 3. The molecule has 3 amide bonds. The lowest BCUT2D eigenvalue weighted by atomic mass is 9.80. The first-order chi connectivity index (χ1) is 17.7. The number of nitriles is 1. The molecule has 0 saturated carbocycles. The van der Waals surface area contributed by atoms with Crippen LogP contribution >= 0.6 is 0 Å². The third-order valence-corrected chi connectivity index (χ3v) is 7.35. The Morgan fingerprint density at radius 2 is 1.89 bits per heavy atom. The predicted molar refractivity (Wildman–Crippen MR) is 137 cm³/mol. The van der Waals surface area contributed by atoms with Gasteiger partial charge in [0.2, 0.25) is 11.8 Å². The normalized spacial score (nSPS) is 21.1. The van der Waals surface area contributed by atoms with Crippen LogP contribution in [-0.2, 0) is 15.0 Å². The van der Waals surface area contributed by atoms with E-state index in [0.29, 0.717) is 23.1 Å². The van der Waals surface area contributed by atoms with E-state index in [2.05, 4.69) is 21.4 Å². The van der Waals surface area contributed by atoms with Crippen molar-refractivity contribution in [2.45, 2.75) is 44.2 Å². The van der Waals surface area contributed by atoms with E-state index in [4.69, 9.17) is 0 Å². The number of hydrogen-bond donors (Lipinski definition) is 1. The molecule has 9 nitrogen and oxygen atoms in total. The van der Waals surface area contributed by atoms with Gasteiger partial charge in [0.05, 0.1) is 28.7 Å². The summed E-state index contributed by atoms with van der Waals surface area (Å²) >= 11 is 0. The predicted octanol–water partition coefficient (Wildman–Crippen LogP) is 3.13. The van der Waals surface area contributed by atoms with E-state index in [1.807, 2.05) is 56.3 Å². The molecule has 3 heterocycles. The molecule has 0 radical (unpaired) electrons. The van der Waals surface area contributed by atoms with Crippen molar-refractivity contribution in [3.05, 3.63) is 66.0 Å².